The number of rotatable bonds is 4. The molecule has 0 saturated carbocycles. The summed E-state index contributed by atoms with van der Waals surface area (Å²) in [5.74, 6) is -0.455. The van der Waals surface area contributed by atoms with Crippen LogP contribution in [-0.2, 0) is 4.79 Å². The molecular formula is C11H18N4O2S. The van der Waals surface area contributed by atoms with E-state index in [0.717, 1.165) is 10.6 Å². The van der Waals surface area contributed by atoms with Crippen LogP contribution >= 0.6 is 11.3 Å². The zero-order chi connectivity index (χ0) is 13.9. The van der Waals surface area contributed by atoms with Gasteiger partial charge >= 0.3 is 6.03 Å². The summed E-state index contributed by atoms with van der Waals surface area (Å²) in [7, 11) is 0. The second kappa shape index (κ2) is 5.34. The fourth-order valence-corrected chi connectivity index (χ4v) is 1.87. The second-order valence-corrected chi connectivity index (χ2v) is 5.92. The molecule has 3 amide bonds. The quantitative estimate of drug-likeness (QED) is 0.771. The molecule has 0 aliphatic carbocycles. The molecule has 1 aromatic heterocycles. The molecule has 0 atom stereocenters. The largest absolute Gasteiger partial charge is 0.369 e. The average molecular weight is 270 g/mol. The van der Waals surface area contributed by atoms with Crippen molar-refractivity contribution in [3.05, 3.63) is 10.6 Å². The van der Waals surface area contributed by atoms with Gasteiger partial charge in [0, 0.05) is 11.4 Å². The molecule has 0 aliphatic heterocycles. The molecule has 0 aromatic carbocycles. The molecule has 18 heavy (non-hydrogen) atoms. The smallest absolute Gasteiger partial charge is 0.321 e. The lowest BCUT2D eigenvalue weighted by atomic mass is 9.93. The predicted molar refractivity (Wildman–Crippen MR) is 71.6 cm³/mol. The average Bonchev–Trinajstić information content (AvgIpc) is 2.55. The third-order valence-corrected chi connectivity index (χ3v) is 3.60. The molecule has 0 bridgehead atoms. The van der Waals surface area contributed by atoms with Gasteiger partial charge in [-0.15, -0.1) is 11.3 Å². The topological polar surface area (TPSA) is 97.1 Å². The molecular weight excluding hydrogens is 252 g/mol. The Kier molecular flexibility index (Phi) is 4.28. The zero-order valence-corrected chi connectivity index (χ0v) is 11.8. The molecule has 0 fully saturated rings. The van der Waals surface area contributed by atoms with Gasteiger partial charge in [-0.3, -0.25) is 10.1 Å². The number of aromatic nitrogens is 1. The van der Waals surface area contributed by atoms with Crippen molar-refractivity contribution < 1.29 is 9.59 Å². The van der Waals surface area contributed by atoms with Crippen LogP contribution in [0.4, 0.5) is 9.93 Å². The number of nitrogens with two attached hydrogens (primary N) is 1. The van der Waals surface area contributed by atoms with E-state index in [1.807, 2.05) is 13.8 Å². The van der Waals surface area contributed by atoms with E-state index in [0.29, 0.717) is 5.13 Å². The van der Waals surface area contributed by atoms with Crippen molar-refractivity contribution in [1.82, 2.24) is 10.3 Å². The number of hydrogen-bond donors (Lipinski definition) is 3. The van der Waals surface area contributed by atoms with Gasteiger partial charge in [0.15, 0.2) is 5.13 Å². The number of nitrogens with one attached hydrogen (secondary N) is 2. The summed E-state index contributed by atoms with van der Waals surface area (Å²) in [6.07, 6.45) is 0. The first-order chi connectivity index (χ1) is 8.22. The normalized spacial score (nSPS) is 11.1. The first-order valence-electron chi connectivity index (χ1n) is 5.51. The van der Waals surface area contributed by atoms with E-state index in [1.165, 1.54) is 11.3 Å². The first-order valence-corrected chi connectivity index (χ1v) is 6.33. The van der Waals surface area contributed by atoms with E-state index in [9.17, 15) is 9.59 Å². The molecule has 1 aromatic rings. The Morgan fingerprint density at radius 1 is 1.39 bits per heavy atom. The van der Waals surface area contributed by atoms with Crippen LogP contribution in [-0.4, -0.2) is 23.5 Å². The third kappa shape index (κ3) is 3.69. The maximum absolute atomic E-state index is 11.6. The summed E-state index contributed by atoms with van der Waals surface area (Å²) in [4.78, 5) is 27.9. The van der Waals surface area contributed by atoms with Gasteiger partial charge in [0.2, 0.25) is 5.91 Å². The maximum Gasteiger partial charge on any atom is 0.321 e. The van der Waals surface area contributed by atoms with E-state index >= 15 is 0 Å². The molecule has 0 spiro atoms. The fourth-order valence-electron chi connectivity index (χ4n) is 1.06. The lowest BCUT2D eigenvalue weighted by molar-refractivity contribution is -0.125. The summed E-state index contributed by atoms with van der Waals surface area (Å²) in [5, 5.41) is 5.76. The van der Waals surface area contributed by atoms with E-state index in [-0.39, 0.29) is 6.54 Å². The van der Waals surface area contributed by atoms with Gasteiger partial charge in [0.1, 0.15) is 0 Å². The summed E-state index contributed by atoms with van der Waals surface area (Å²) >= 11 is 1.41. The number of carbonyl (C=O) groups excluding carboxylic acids is 2. The zero-order valence-electron chi connectivity index (χ0n) is 11.0. The Hall–Kier alpha value is -1.63. The number of carbonyl (C=O) groups is 2. The van der Waals surface area contributed by atoms with Crippen LogP contribution in [0.3, 0.4) is 0 Å². The SMILES string of the molecule is Cc1nc(NC(=O)NCC(C)(C)C(N)=O)sc1C. The fraction of sp³-hybridized carbons (Fsp3) is 0.545. The predicted octanol–water partition coefficient (Wildman–Crippen LogP) is 1.39. The summed E-state index contributed by atoms with van der Waals surface area (Å²) in [5.41, 5.74) is 5.34. The van der Waals surface area contributed by atoms with Gasteiger partial charge in [-0.2, -0.15) is 0 Å². The van der Waals surface area contributed by atoms with E-state index in [4.69, 9.17) is 5.73 Å². The number of hydrogen-bond acceptors (Lipinski definition) is 4. The van der Waals surface area contributed by atoms with Gasteiger partial charge in [-0.05, 0) is 27.7 Å². The lowest BCUT2D eigenvalue weighted by Crippen LogP contribution is -2.43. The monoisotopic (exact) mass is 270 g/mol. The molecule has 6 nitrogen and oxygen atoms in total. The van der Waals surface area contributed by atoms with Crippen LogP contribution in [0.2, 0.25) is 0 Å². The minimum atomic E-state index is -0.772. The van der Waals surface area contributed by atoms with Crippen LogP contribution in [0, 0.1) is 19.3 Å². The third-order valence-electron chi connectivity index (χ3n) is 2.61. The van der Waals surface area contributed by atoms with Crippen molar-refractivity contribution in [1.29, 1.82) is 0 Å². The van der Waals surface area contributed by atoms with Gasteiger partial charge in [0.05, 0.1) is 11.1 Å². The Labute approximate surface area is 110 Å². The molecule has 0 radical (unpaired) electrons. The van der Waals surface area contributed by atoms with Crippen LogP contribution in [0.15, 0.2) is 0 Å². The second-order valence-electron chi connectivity index (χ2n) is 4.72. The minimum Gasteiger partial charge on any atom is -0.369 e. The maximum atomic E-state index is 11.6. The first kappa shape index (κ1) is 14.4. The van der Waals surface area contributed by atoms with Crippen molar-refractivity contribution in [2.24, 2.45) is 11.1 Å². The standard InChI is InChI=1S/C11H18N4O2S/c1-6-7(2)18-10(14-6)15-9(17)13-5-11(3,4)8(12)16/h5H2,1-4H3,(H2,12,16)(H2,13,14,15,17). The number of thiazole rings is 1. The summed E-state index contributed by atoms with van der Waals surface area (Å²) in [6.45, 7) is 7.34. The Morgan fingerprint density at radius 2 is 2.00 bits per heavy atom. The number of anilines is 1. The highest BCUT2D eigenvalue weighted by Gasteiger charge is 2.25. The van der Waals surface area contributed by atoms with Crippen molar-refractivity contribution >= 4 is 28.4 Å². The molecule has 0 unspecified atom stereocenters. The highest BCUT2D eigenvalue weighted by molar-refractivity contribution is 7.15. The molecule has 0 saturated heterocycles. The van der Waals surface area contributed by atoms with Crippen LogP contribution in [0.25, 0.3) is 0 Å². The number of amides is 3. The molecule has 1 rings (SSSR count). The molecule has 0 aliphatic rings. The highest BCUT2D eigenvalue weighted by atomic mass is 32.1. The van der Waals surface area contributed by atoms with Crippen LogP contribution < -0.4 is 16.4 Å². The molecule has 4 N–H and O–H groups in total. The number of aryl methyl sites for hydroxylation is 2. The Balaban J connectivity index is 2.50. The number of urea groups is 1. The van der Waals surface area contributed by atoms with Crippen molar-refractivity contribution in [2.45, 2.75) is 27.7 Å². The Bertz CT molecular complexity index is 448. The van der Waals surface area contributed by atoms with E-state index < -0.39 is 17.4 Å². The molecule has 7 heteroatoms. The van der Waals surface area contributed by atoms with Crippen molar-refractivity contribution in [3.8, 4) is 0 Å². The van der Waals surface area contributed by atoms with Crippen molar-refractivity contribution in [2.75, 3.05) is 11.9 Å². The minimum absolute atomic E-state index is 0.178. The van der Waals surface area contributed by atoms with E-state index in [2.05, 4.69) is 15.6 Å². The summed E-state index contributed by atoms with van der Waals surface area (Å²) in [6, 6.07) is -0.391. The Morgan fingerprint density at radius 3 is 2.44 bits per heavy atom. The van der Waals surface area contributed by atoms with Gasteiger partial charge < -0.3 is 11.1 Å². The lowest BCUT2D eigenvalue weighted by Gasteiger charge is -2.20. The van der Waals surface area contributed by atoms with Crippen LogP contribution in [0.5, 0.6) is 0 Å². The van der Waals surface area contributed by atoms with Gasteiger partial charge in [-0.1, -0.05) is 0 Å². The number of primary amides is 1. The van der Waals surface area contributed by atoms with E-state index in [1.54, 1.807) is 13.8 Å². The van der Waals surface area contributed by atoms with Gasteiger partial charge in [0.25, 0.3) is 0 Å². The molecule has 100 valence electrons. The summed E-state index contributed by atoms with van der Waals surface area (Å²) < 4.78 is 0. The van der Waals surface area contributed by atoms with Gasteiger partial charge in [-0.25, -0.2) is 9.78 Å². The van der Waals surface area contributed by atoms with Crippen molar-refractivity contribution in [3.63, 3.8) is 0 Å². The number of nitrogens with zero attached hydrogens (tertiary/aromatic N) is 1. The van der Waals surface area contributed by atoms with Crippen LogP contribution in [0.1, 0.15) is 24.4 Å². The highest BCUT2D eigenvalue weighted by Crippen LogP contribution is 2.20. The molecule has 1 heterocycles.